The third kappa shape index (κ3) is 4.37. The SMILES string of the molecule is Cc1ccc(S(=O)(=O)N2CCOCC2)cc1NC(=O)c1cc(Br)ccc1F. The lowest BCUT2D eigenvalue weighted by Crippen LogP contribution is -2.40. The Kier molecular flexibility index (Phi) is 5.95. The van der Waals surface area contributed by atoms with Crippen molar-refractivity contribution in [2.75, 3.05) is 31.6 Å². The van der Waals surface area contributed by atoms with E-state index in [0.717, 1.165) is 0 Å². The Labute approximate surface area is 165 Å². The Bertz CT molecular complexity index is 975. The van der Waals surface area contributed by atoms with Crippen molar-refractivity contribution in [3.63, 3.8) is 0 Å². The van der Waals surface area contributed by atoms with E-state index in [1.165, 1.54) is 34.6 Å². The van der Waals surface area contributed by atoms with E-state index in [2.05, 4.69) is 21.2 Å². The molecule has 1 amide bonds. The van der Waals surface area contributed by atoms with Crippen LogP contribution in [0.2, 0.25) is 0 Å². The molecule has 9 heteroatoms. The van der Waals surface area contributed by atoms with Gasteiger partial charge >= 0.3 is 0 Å². The van der Waals surface area contributed by atoms with Crippen molar-refractivity contribution in [3.8, 4) is 0 Å². The zero-order chi connectivity index (χ0) is 19.6. The van der Waals surface area contributed by atoms with Crippen LogP contribution >= 0.6 is 15.9 Å². The molecule has 3 rings (SSSR count). The number of ether oxygens (including phenoxy) is 1. The summed E-state index contributed by atoms with van der Waals surface area (Å²) in [7, 11) is -3.70. The van der Waals surface area contributed by atoms with Crippen LogP contribution in [0.4, 0.5) is 10.1 Å². The van der Waals surface area contributed by atoms with Crippen LogP contribution in [-0.2, 0) is 14.8 Å². The molecule has 27 heavy (non-hydrogen) atoms. The number of carbonyl (C=O) groups excluding carboxylic acids is 1. The molecule has 0 aromatic heterocycles. The number of hydrogen-bond donors (Lipinski definition) is 1. The van der Waals surface area contributed by atoms with Crippen molar-refractivity contribution in [2.24, 2.45) is 0 Å². The molecular formula is C18H18BrFN2O4S. The first kappa shape index (κ1) is 19.9. The van der Waals surface area contributed by atoms with Crippen LogP contribution in [0, 0.1) is 12.7 Å². The van der Waals surface area contributed by atoms with Gasteiger partial charge in [0.2, 0.25) is 10.0 Å². The summed E-state index contributed by atoms with van der Waals surface area (Å²) in [5.41, 5.74) is 0.846. The molecule has 6 nitrogen and oxygen atoms in total. The van der Waals surface area contributed by atoms with E-state index in [9.17, 15) is 17.6 Å². The van der Waals surface area contributed by atoms with E-state index in [0.29, 0.717) is 28.9 Å². The third-order valence-electron chi connectivity index (χ3n) is 4.24. The van der Waals surface area contributed by atoms with Gasteiger partial charge in [0.1, 0.15) is 5.82 Å². The van der Waals surface area contributed by atoms with Crippen molar-refractivity contribution < 1.29 is 22.3 Å². The molecule has 2 aromatic carbocycles. The number of hydrogen-bond acceptors (Lipinski definition) is 4. The monoisotopic (exact) mass is 456 g/mol. The normalized spacial score (nSPS) is 15.5. The number of amides is 1. The van der Waals surface area contributed by atoms with Gasteiger partial charge in [-0.1, -0.05) is 22.0 Å². The van der Waals surface area contributed by atoms with Crippen LogP contribution in [0.15, 0.2) is 45.8 Å². The number of anilines is 1. The number of nitrogens with one attached hydrogen (secondary N) is 1. The van der Waals surface area contributed by atoms with Crippen molar-refractivity contribution >= 4 is 37.5 Å². The number of sulfonamides is 1. The minimum absolute atomic E-state index is 0.0695. The second-order valence-electron chi connectivity index (χ2n) is 6.07. The highest BCUT2D eigenvalue weighted by Gasteiger charge is 2.27. The molecule has 0 radical (unpaired) electrons. The van der Waals surface area contributed by atoms with Crippen LogP contribution < -0.4 is 5.32 Å². The molecule has 1 N–H and O–H groups in total. The molecule has 0 spiro atoms. The van der Waals surface area contributed by atoms with Gasteiger partial charge in [0.05, 0.1) is 23.7 Å². The predicted molar refractivity (Wildman–Crippen MR) is 103 cm³/mol. The third-order valence-corrected chi connectivity index (χ3v) is 6.63. The first-order valence-corrected chi connectivity index (χ1v) is 10.5. The van der Waals surface area contributed by atoms with E-state index in [4.69, 9.17) is 4.74 Å². The van der Waals surface area contributed by atoms with Crippen LogP contribution in [-0.4, -0.2) is 44.9 Å². The van der Waals surface area contributed by atoms with Gasteiger partial charge in [0.15, 0.2) is 0 Å². The van der Waals surface area contributed by atoms with Gasteiger partial charge in [-0.2, -0.15) is 4.31 Å². The number of aryl methyl sites for hydroxylation is 1. The summed E-state index contributed by atoms with van der Waals surface area (Å²) < 4.78 is 46.6. The summed E-state index contributed by atoms with van der Waals surface area (Å²) >= 11 is 3.20. The van der Waals surface area contributed by atoms with Crippen molar-refractivity contribution in [3.05, 3.63) is 57.8 Å². The van der Waals surface area contributed by atoms with Crippen LogP contribution in [0.25, 0.3) is 0 Å². The fourth-order valence-corrected chi connectivity index (χ4v) is 4.49. The fourth-order valence-electron chi connectivity index (χ4n) is 2.69. The first-order chi connectivity index (χ1) is 12.8. The number of rotatable bonds is 4. The maximum absolute atomic E-state index is 13.9. The summed E-state index contributed by atoms with van der Waals surface area (Å²) in [4.78, 5) is 12.5. The Balaban J connectivity index is 1.89. The highest BCUT2D eigenvalue weighted by molar-refractivity contribution is 9.10. The Morgan fingerprint density at radius 1 is 1.19 bits per heavy atom. The van der Waals surface area contributed by atoms with Gasteiger partial charge < -0.3 is 10.1 Å². The van der Waals surface area contributed by atoms with Crippen LogP contribution in [0.5, 0.6) is 0 Å². The van der Waals surface area contributed by atoms with Gasteiger partial charge in [-0.05, 0) is 42.8 Å². The van der Waals surface area contributed by atoms with Crippen molar-refractivity contribution in [1.29, 1.82) is 0 Å². The van der Waals surface area contributed by atoms with Crippen LogP contribution in [0.3, 0.4) is 0 Å². The molecule has 0 atom stereocenters. The number of benzene rings is 2. The molecule has 144 valence electrons. The topological polar surface area (TPSA) is 75.7 Å². The lowest BCUT2D eigenvalue weighted by Gasteiger charge is -2.26. The molecule has 0 bridgehead atoms. The maximum atomic E-state index is 13.9. The Morgan fingerprint density at radius 2 is 1.89 bits per heavy atom. The van der Waals surface area contributed by atoms with E-state index >= 15 is 0 Å². The standard InChI is InChI=1S/C18H18BrFN2O4S/c1-12-2-4-14(27(24,25)22-6-8-26-9-7-22)11-17(12)21-18(23)15-10-13(19)3-5-16(15)20/h2-5,10-11H,6-9H2,1H3,(H,21,23). The summed E-state index contributed by atoms with van der Waals surface area (Å²) in [6.45, 7) is 2.98. The summed E-state index contributed by atoms with van der Waals surface area (Å²) in [6, 6.07) is 8.55. The molecular weight excluding hydrogens is 439 g/mol. The smallest absolute Gasteiger partial charge is 0.258 e. The molecule has 0 saturated carbocycles. The van der Waals surface area contributed by atoms with Gasteiger partial charge in [-0.15, -0.1) is 0 Å². The van der Waals surface area contributed by atoms with Gasteiger partial charge in [0.25, 0.3) is 5.91 Å². The van der Waals surface area contributed by atoms with Crippen LogP contribution in [0.1, 0.15) is 15.9 Å². The minimum Gasteiger partial charge on any atom is -0.379 e. The Morgan fingerprint density at radius 3 is 2.59 bits per heavy atom. The van der Waals surface area contributed by atoms with Gasteiger partial charge in [-0.25, -0.2) is 12.8 Å². The number of halogens is 2. The number of carbonyl (C=O) groups is 1. The van der Waals surface area contributed by atoms with E-state index < -0.39 is 21.7 Å². The fraction of sp³-hybridized carbons (Fsp3) is 0.278. The minimum atomic E-state index is -3.70. The number of nitrogens with zero attached hydrogens (tertiary/aromatic N) is 1. The average molecular weight is 457 g/mol. The first-order valence-electron chi connectivity index (χ1n) is 8.24. The molecule has 1 fully saturated rings. The van der Waals surface area contributed by atoms with E-state index in [1.54, 1.807) is 13.0 Å². The molecule has 0 aliphatic carbocycles. The second kappa shape index (κ2) is 8.05. The highest BCUT2D eigenvalue weighted by atomic mass is 79.9. The molecule has 0 unspecified atom stereocenters. The maximum Gasteiger partial charge on any atom is 0.258 e. The second-order valence-corrected chi connectivity index (χ2v) is 8.93. The molecule has 1 aliphatic heterocycles. The molecule has 1 aliphatic rings. The average Bonchev–Trinajstić information content (AvgIpc) is 2.66. The number of morpholine rings is 1. The zero-order valence-corrected chi connectivity index (χ0v) is 16.9. The van der Waals surface area contributed by atoms with E-state index in [-0.39, 0.29) is 23.5 Å². The quantitative estimate of drug-likeness (QED) is 0.766. The van der Waals surface area contributed by atoms with Crippen molar-refractivity contribution in [2.45, 2.75) is 11.8 Å². The highest BCUT2D eigenvalue weighted by Crippen LogP contribution is 2.25. The van der Waals surface area contributed by atoms with Gasteiger partial charge in [0, 0.05) is 23.2 Å². The van der Waals surface area contributed by atoms with Gasteiger partial charge in [-0.3, -0.25) is 4.79 Å². The summed E-state index contributed by atoms with van der Waals surface area (Å²) in [6.07, 6.45) is 0. The van der Waals surface area contributed by atoms with Crippen molar-refractivity contribution in [1.82, 2.24) is 4.31 Å². The lowest BCUT2D eigenvalue weighted by molar-refractivity contribution is 0.0730. The Hall–Kier alpha value is -1.81. The van der Waals surface area contributed by atoms with E-state index in [1.807, 2.05) is 0 Å². The zero-order valence-electron chi connectivity index (χ0n) is 14.5. The lowest BCUT2D eigenvalue weighted by atomic mass is 10.1. The molecule has 1 saturated heterocycles. The largest absolute Gasteiger partial charge is 0.379 e. The molecule has 1 heterocycles. The summed E-state index contributed by atoms with van der Waals surface area (Å²) in [5, 5.41) is 2.60. The predicted octanol–water partition coefficient (Wildman–Crippen LogP) is 3.17. The molecule has 2 aromatic rings. The summed E-state index contributed by atoms with van der Waals surface area (Å²) in [5.74, 6) is -1.32.